The van der Waals surface area contributed by atoms with Gasteiger partial charge in [-0.2, -0.15) is 0 Å². The van der Waals surface area contributed by atoms with E-state index in [0.29, 0.717) is 4.16 Å². The summed E-state index contributed by atoms with van der Waals surface area (Å²) in [5.41, 5.74) is 0. The van der Waals surface area contributed by atoms with Crippen molar-refractivity contribution in [1.29, 1.82) is 0 Å². The van der Waals surface area contributed by atoms with Crippen LogP contribution in [0.2, 0.25) is 0 Å². The second kappa shape index (κ2) is 3.44. The van der Waals surface area contributed by atoms with E-state index in [-0.39, 0.29) is 5.91 Å². The SMILES string of the molecule is CNC(=O)C1=CCC(Br)S1. The number of likely N-dealkylation sites (N-methyl/N-ethyl adjacent to an activating group) is 1. The summed E-state index contributed by atoms with van der Waals surface area (Å²) in [5.74, 6) is 0.0203. The number of hydrogen-bond acceptors (Lipinski definition) is 2. The number of thioether (sulfide) groups is 1. The molecule has 0 spiro atoms. The van der Waals surface area contributed by atoms with E-state index in [0.717, 1.165) is 11.3 Å². The van der Waals surface area contributed by atoms with Gasteiger partial charge in [0.15, 0.2) is 0 Å². The molecule has 0 aromatic rings. The average Bonchev–Trinajstić information content (AvgIpc) is 2.34. The molecule has 0 fully saturated rings. The largest absolute Gasteiger partial charge is 0.355 e. The summed E-state index contributed by atoms with van der Waals surface area (Å²) in [6, 6.07) is 0. The molecule has 1 aliphatic heterocycles. The highest BCUT2D eigenvalue weighted by molar-refractivity contribution is 9.11. The second-order valence-electron chi connectivity index (χ2n) is 1.91. The fourth-order valence-electron chi connectivity index (χ4n) is 0.703. The molecule has 0 saturated heterocycles. The van der Waals surface area contributed by atoms with Crippen LogP contribution in [-0.4, -0.2) is 17.1 Å². The van der Waals surface area contributed by atoms with Crippen molar-refractivity contribution >= 4 is 33.6 Å². The van der Waals surface area contributed by atoms with Crippen molar-refractivity contribution in [2.75, 3.05) is 7.05 Å². The Hall–Kier alpha value is 0.0400. The molecule has 0 saturated carbocycles. The van der Waals surface area contributed by atoms with E-state index in [2.05, 4.69) is 21.2 Å². The van der Waals surface area contributed by atoms with Gasteiger partial charge in [-0.25, -0.2) is 0 Å². The lowest BCUT2D eigenvalue weighted by molar-refractivity contribution is -0.116. The molecule has 2 nitrogen and oxygen atoms in total. The third-order valence-electron chi connectivity index (χ3n) is 1.19. The van der Waals surface area contributed by atoms with Crippen molar-refractivity contribution < 1.29 is 4.79 Å². The number of allylic oxidation sites excluding steroid dienone is 1. The lowest BCUT2D eigenvalue weighted by Gasteiger charge is -1.99. The maximum atomic E-state index is 10.9. The Kier molecular flexibility index (Phi) is 2.80. The van der Waals surface area contributed by atoms with Gasteiger partial charge in [-0.15, -0.1) is 11.8 Å². The third kappa shape index (κ3) is 1.76. The van der Waals surface area contributed by atoms with Crippen LogP contribution in [0.4, 0.5) is 0 Å². The van der Waals surface area contributed by atoms with E-state index in [1.807, 2.05) is 6.08 Å². The molecule has 1 unspecified atom stereocenters. The minimum absolute atomic E-state index is 0.0203. The quantitative estimate of drug-likeness (QED) is 0.681. The van der Waals surface area contributed by atoms with E-state index in [1.54, 1.807) is 18.8 Å². The van der Waals surface area contributed by atoms with Gasteiger partial charge in [0.05, 0.1) is 9.06 Å². The number of amides is 1. The minimum Gasteiger partial charge on any atom is -0.355 e. The molecule has 1 amide bonds. The third-order valence-corrected chi connectivity index (χ3v) is 3.18. The Morgan fingerprint density at radius 2 is 2.70 bits per heavy atom. The monoisotopic (exact) mass is 221 g/mol. The highest BCUT2D eigenvalue weighted by Crippen LogP contribution is 2.35. The number of alkyl halides is 1. The van der Waals surface area contributed by atoms with E-state index in [1.165, 1.54) is 0 Å². The number of hydrogen-bond donors (Lipinski definition) is 1. The highest BCUT2D eigenvalue weighted by atomic mass is 79.9. The highest BCUT2D eigenvalue weighted by Gasteiger charge is 2.18. The van der Waals surface area contributed by atoms with Crippen molar-refractivity contribution in [3.05, 3.63) is 11.0 Å². The summed E-state index contributed by atoms with van der Waals surface area (Å²) in [5, 5.41) is 2.58. The van der Waals surface area contributed by atoms with Crippen LogP contribution in [-0.2, 0) is 4.79 Å². The summed E-state index contributed by atoms with van der Waals surface area (Å²) < 4.78 is 0.389. The number of rotatable bonds is 1. The van der Waals surface area contributed by atoms with Gasteiger partial charge < -0.3 is 5.32 Å². The molecular weight excluding hydrogens is 214 g/mol. The summed E-state index contributed by atoms with van der Waals surface area (Å²) in [4.78, 5) is 11.8. The van der Waals surface area contributed by atoms with Crippen molar-refractivity contribution in [3.63, 3.8) is 0 Å². The van der Waals surface area contributed by atoms with Gasteiger partial charge in [0, 0.05) is 7.05 Å². The molecule has 0 aromatic carbocycles. The zero-order valence-electron chi connectivity index (χ0n) is 5.56. The van der Waals surface area contributed by atoms with Gasteiger partial charge in [0.1, 0.15) is 0 Å². The Morgan fingerprint density at radius 1 is 2.00 bits per heavy atom. The van der Waals surface area contributed by atoms with Crippen molar-refractivity contribution in [1.82, 2.24) is 5.32 Å². The summed E-state index contributed by atoms with van der Waals surface area (Å²) >= 11 is 4.97. The lowest BCUT2D eigenvalue weighted by Crippen LogP contribution is -2.17. The van der Waals surface area contributed by atoms with Gasteiger partial charge in [-0.3, -0.25) is 4.79 Å². The Labute approximate surface area is 72.6 Å². The zero-order valence-corrected chi connectivity index (χ0v) is 7.96. The number of nitrogens with one attached hydrogen (secondary N) is 1. The first kappa shape index (κ1) is 8.14. The fourth-order valence-corrected chi connectivity index (χ4v) is 2.36. The zero-order chi connectivity index (χ0) is 7.56. The minimum atomic E-state index is 0.0203. The predicted octanol–water partition coefficient (Wildman–Crippen LogP) is 1.47. The normalized spacial score (nSPS) is 24.2. The van der Waals surface area contributed by atoms with E-state index in [9.17, 15) is 4.79 Å². The van der Waals surface area contributed by atoms with Gasteiger partial charge in [-0.05, 0) is 6.42 Å². The van der Waals surface area contributed by atoms with Crippen LogP contribution >= 0.6 is 27.7 Å². The summed E-state index contributed by atoms with van der Waals surface area (Å²) in [6.07, 6.45) is 2.89. The Morgan fingerprint density at radius 3 is 3.10 bits per heavy atom. The maximum Gasteiger partial charge on any atom is 0.257 e. The molecule has 1 aliphatic rings. The number of halogens is 1. The van der Waals surface area contributed by atoms with E-state index in [4.69, 9.17) is 0 Å². The van der Waals surface area contributed by atoms with Crippen LogP contribution in [0.25, 0.3) is 0 Å². The molecule has 4 heteroatoms. The molecular formula is C6H8BrNOS. The number of carbonyl (C=O) groups is 1. The first-order chi connectivity index (χ1) is 4.74. The van der Waals surface area contributed by atoms with Crippen LogP contribution in [0.1, 0.15) is 6.42 Å². The summed E-state index contributed by atoms with van der Waals surface area (Å²) in [6.45, 7) is 0. The standard InChI is InChI=1S/C6H8BrNOS/c1-8-6(9)4-2-3-5(7)10-4/h2,5H,3H2,1H3,(H,8,9). The molecule has 10 heavy (non-hydrogen) atoms. The molecule has 1 atom stereocenters. The van der Waals surface area contributed by atoms with Gasteiger partial charge in [0.2, 0.25) is 0 Å². The van der Waals surface area contributed by atoms with Crippen LogP contribution in [0.5, 0.6) is 0 Å². The topological polar surface area (TPSA) is 29.1 Å². The van der Waals surface area contributed by atoms with Gasteiger partial charge in [-0.1, -0.05) is 22.0 Å². The second-order valence-corrected chi connectivity index (χ2v) is 4.87. The van der Waals surface area contributed by atoms with Crippen LogP contribution in [0, 0.1) is 0 Å². The molecule has 1 N–H and O–H groups in total. The first-order valence-electron chi connectivity index (χ1n) is 2.97. The molecule has 1 heterocycles. The molecule has 0 bridgehead atoms. The molecule has 0 aliphatic carbocycles. The molecule has 0 radical (unpaired) electrons. The molecule has 56 valence electrons. The van der Waals surface area contributed by atoms with Crippen molar-refractivity contribution in [2.45, 2.75) is 10.6 Å². The molecule has 0 aromatic heterocycles. The van der Waals surface area contributed by atoms with E-state index >= 15 is 0 Å². The average molecular weight is 222 g/mol. The van der Waals surface area contributed by atoms with E-state index < -0.39 is 0 Å². The molecule has 1 rings (SSSR count). The van der Waals surface area contributed by atoms with Gasteiger partial charge in [0.25, 0.3) is 5.91 Å². The fraction of sp³-hybridized carbons (Fsp3) is 0.500. The predicted molar refractivity (Wildman–Crippen MR) is 47.1 cm³/mol. The van der Waals surface area contributed by atoms with Crippen LogP contribution in [0.3, 0.4) is 0 Å². The van der Waals surface area contributed by atoms with Crippen molar-refractivity contribution in [2.24, 2.45) is 0 Å². The number of carbonyl (C=O) groups excluding carboxylic acids is 1. The Balaban J connectivity index is 2.51. The first-order valence-corrected chi connectivity index (χ1v) is 4.76. The maximum absolute atomic E-state index is 10.9. The van der Waals surface area contributed by atoms with Crippen LogP contribution in [0.15, 0.2) is 11.0 Å². The van der Waals surface area contributed by atoms with Gasteiger partial charge >= 0.3 is 0 Å². The Bertz CT molecular complexity index is 181. The van der Waals surface area contributed by atoms with Crippen molar-refractivity contribution in [3.8, 4) is 0 Å². The smallest absolute Gasteiger partial charge is 0.257 e. The summed E-state index contributed by atoms with van der Waals surface area (Å²) in [7, 11) is 1.64. The lowest BCUT2D eigenvalue weighted by atomic mass is 10.4. The van der Waals surface area contributed by atoms with Crippen LogP contribution < -0.4 is 5.32 Å².